The molecular formula is C15H15IN2O. The highest BCUT2D eigenvalue weighted by Crippen LogP contribution is 2.09. The van der Waals surface area contributed by atoms with Crippen LogP contribution < -0.4 is 0 Å². The van der Waals surface area contributed by atoms with Gasteiger partial charge in [0.1, 0.15) is 0 Å². The predicted octanol–water partition coefficient (Wildman–Crippen LogP) is 3.00. The average molecular weight is 366 g/mol. The summed E-state index contributed by atoms with van der Waals surface area (Å²) in [5.74, 6) is 0.0485. The van der Waals surface area contributed by atoms with E-state index in [1.54, 1.807) is 11.1 Å². The van der Waals surface area contributed by atoms with Gasteiger partial charge in [0.15, 0.2) is 0 Å². The van der Waals surface area contributed by atoms with Crippen LogP contribution in [-0.2, 0) is 6.42 Å². The second kappa shape index (κ2) is 6.65. The van der Waals surface area contributed by atoms with Gasteiger partial charge in [-0.15, -0.1) is 0 Å². The van der Waals surface area contributed by atoms with Crippen LogP contribution in [-0.4, -0.2) is 29.4 Å². The van der Waals surface area contributed by atoms with Gasteiger partial charge in [-0.25, -0.2) is 0 Å². The zero-order chi connectivity index (χ0) is 13.7. The Morgan fingerprint density at radius 2 is 1.95 bits per heavy atom. The van der Waals surface area contributed by atoms with Crippen LogP contribution in [0.4, 0.5) is 0 Å². The third kappa shape index (κ3) is 4.02. The van der Waals surface area contributed by atoms with Crippen LogP contribution in [0.5, 0.6) is 0 Å². The molecule has 0 radical (unpaired) electrons. The summed E-state index contributed by atoms with van der Waals surface area (Å²) in [5, 5.41) is 0. The summed E-state index contributed by atoms with van der Waals surface area (Å²) in [7, 11) is 1.82. The van der Waals surface area contributed by atoms with Gasteiger partial charge in [-0.2, -0.15) is 0 Å². The summed E-state index contributed by atoms with van der Waals surface area (Å²) in [6, 6.07) is 13.4. The number of likely N-dealkylation sites (N-methyl/N-ethyl adjacent to an activating group) is 1. The summed E-state index contributed by atoms with van der Waals surface area (Å²) in [6.07, 6.45) is 2.55. The summed E-state index contributed by atoms with van der Waals surface area (Å²) in [6.45, 7) is 0.668. The van der Waals surface area contributed by atoms with Crippen LogP contribution >= 0.6 is 22.6 Å². The largest absolute Gasteiger partial charge is 0.341 e. The first kappa shape index (κ1) is 14.0. The topological polar surface area (TPSA) is 33.2 Å². The molecule has 0 spiro atoms. The molecule has 19 heavy (non-hydrogen) atoms. The minimum atomic E-state index is 0.0485. The number of carbonyl (C=O) groups excluding carboxylic acids is 1. The highest BCUT2D eigenvalue weighted by molar-refractivity contribution is 14.1. The van der Waals surface area contributed by atoms with E-state index in [2.05, 4.69) is 27.6 Å². The SMILES string of the molecule is CN(CCc1ccccn1)C(=O)c1ccc(I)cc1. The van der Waals surface area contributed by atoms with Crippen molar-refractivity contribution in [3.63, 3.8) is 0 Å². The van der Waals surface area contributed by atoms with Gasteiger partial charge in [0, 0.05) is 41.0 Å². The first-order valence-corrected chi connectivity index (χ1v) is 7.15. The maximum absolute atomic E-state index is 12.2. The molecule has 2 rings (SSSR count). The molecule has 0 saturated heterocycles. The predicted molar refractivity (Wildman–Crippen MR) is 84.1 cm³/mol. The number of pyridine rings is 1. The van der Waals surface area contributed by atoms with Crippen molar-refractivity contribution in [2.24, 2.45) is 0 Å². The molecule has 0 atom stereocenters. The highest BCUT2D eigenvalue weighted by Gasteiger charge is 2.11. The van der Waals surface area contributed by atoms with Crippen LogP contribution in [0.2, 0.25) is 0 Å². The Hall–Kier alpha value is -1.43. The highest BCUT2D eigenvalue weighted by atomic mass is 127. The lowest BCUT2D eigenvalue weighted by molar-refractivity contribution is 0.0796. The summed E-state index contributed by atoms with van der Waals surface area (Å²) >= 11 is 2.23. The van der Waals surface area contributed by atoms with Crippen molar-refractivity contribution < 1.29 is 4.79 Å². The molecule has 0 aliphatic rings. The van der Waals surface area contributed by atoms with Crippen molar-refractivity contribution in [3.05, 3.63) is 63.5 Å². The standard InChI is InChI=1S/C15H15IN2O/c1-18(11-9-14-4-2-3-10-17-14)15(19)12-5-7-13(16)8-6-12/h2-8,10H,9,11H2,1H3. The van der Waals surface area contributed by atoms with Gasteiger partial charge in [-0.1, -0.05) is 6.07 Å². The Balaban J connectivity index is 1.94. The Kier molecular flexibility index (Phi) is 4.90. The van der Waals surface area contributed by atoms with E-state index in [-0.39, 0.29) is 5.91 Å². The van der Waals surface area contributed by atoms with Crippen molar-refractivity contribution in [1.82, 2.24) is 9.88 Å². The summed E-state index contributed by atoms with van der Waals surface area (Å²) in [5.41, 5.74) is 1.73. The number of amides is 1. The van der Waals surface area contributed by atoms with E-state index in [1.807, 2.05) is 49.5 Å². The van der Waals surface area contributed by atoms with Crippen LogP contribution in [0.15, 0.2) is 48.7 Å². The van der Waals surface area contributed by atoms with E-state index in [9.17, 15) is 4.79 Å². The van der Waals surface area contributed by atoms with Crippen molar-refractivity contribution in [2.45, 2.75) is 6.42 Å². The molecule has 1 heterocycles. The van der Waals surface area contributed by atoms with Crippen molar-refractivity contribution in [1.29, 1.82) is 0 Å². The fourth-order valence-electron chi connectivity index (χ4n) is 1.74. The van der Waals surface area contributed by atoms with Crippen molar-refractivity contribution in [3.8, 4) is 0 Å². The second-order valence-electron chi connectivity index (χ2n) is 4.30. The monoisotopic (exact) mass is 366 g/mol. The van der Waals surface area contributed by atoms with Crippen LogP contribution in [0.3, 0.4) is 0 Å². The number of rotatable bonds is 4. The first-order valence-electron chi connectivity index (χ1n) is 6.08. The van der Waals surface area contributed by atoms with Gasteiger partial charge in [0.25, 0.3) is 5.91 Å². The zero-order valence-electron chi connectivity index (χ0n) is 10.7. The molecule has 0 aliphatic carbocycles. The number of aromatic nitrogens is 1. The fraction of sp³-hybridized carbons (Fsp3) is 0.200. The molecule has 1 aromatic heterocycles. The van der Waals surface area contributed by atoms with Gasteiger partial charge in [0.05, 0.1) is 0 Å². The lowest BCUT2D eigenvalue weighted by Gasteiger charge is -2.17. The molecular weight excluding hydrogens is 351 g/mol. The minimum absolute atomic E-state index is 0.0485. The third-order valence-corrected chi connectivity index (χ3v) is 3.59. The fourth-order valence-corrected chi connectivity index (χ4v) is 2.10. The molecule has 0 N–H and O–H groups in total. The third-order valence-electron chi connectivity index (χ3n) is 2.87. The van der Waals surface area contributed by atoms with Gasteiger partial charge >= 0.3 is 0 Å². The lowest BCUT2D eigenvalue weighted by atomic mass is 10.2. The number of benzene rings is 1. The minimum Gasteiger partial charge on any atom is -0.341 e. The maximum Gasteiger partial charge on any atom is 0.253 e. The molecule has 0 aliphatic heterocycles. The summed E-state index contributed by atoms with van der Waals surface area (Å²) < 4.78 is 1.13. The number of hydrogen-bond donors (Lipinski definition) is 0. The number of hydrogen-bond acceptors (Lipinski definition) is 2. The quantitative estimate of drug-likeness (QED) is 0.780. The Bertz CT molecular complexity index is 540. The Labute approximate surface area is 126 Å². The molecule has 0 fully saturated rings. The average Bonchev–Trinajstić information content (AvgIpc) is 2.46. The molecule has 1 aromatic carbocycles. The first-order chi connectivity index (χ1) is 9.16. The van der Waals surface area contributed by atoms with E-state index in [0.29, 0.717) is 6.54 Å². The molecule has 2 aromatic rings. The second-order valence-corrected chi connectivity index (χ2v) is 5.55. The Morgan fingerprint density at radius 1 is 1.21 bits per heavy atom. The molecule has 3 nitrogen and oxygen atoms in total. The van der Waals surface area contributed by atoms with Crippen molar-refractivity contribution >= 4 is 28.5 Å². The molecule has 4 heteroatoms. The normalized spacial score (nSPS) is 10.2. The van der Waals surface area contributed by atoms with Gasteiger partial charge in [0.2, 0.25) is 0 Å². The van der Waals surface area contributed by atoms with Gasteiger partial charge in [-0.05, 0) is 59.0 Å². The Morgan fingerprint density at radius 3 is 2.58 bits per heavy atom. The number of carbonyl (C=O) groups is 1. The molecule has 1 amide bonds. The van der Waals surface area contributed by atoms with Gasteiger partial charge in [-0.3, -0.25) is 9.78 Å². The van der Waals surface area contributed by atoms with E-state index < -0.39 is 0 Å². The van der Waals surface area contributed by atoms with Crippen LogP contribution in [0, 0.1) is 3.57 Å². The molecule has 98 valence electrons. The van der Waals surface area contributed by atoms with E-state index in [1.165, 1.54) is 0 Å². The lowest BCUT2D eigenvalue weighted by Crippen LogP contribution is -2.28. The van der Waals surface area contributed by atoms with Gasteiger partial charge < -0.3 is 4.90 Å². The molecule has 0 saturated carbocycles. The zero-order valence-corrected chi connectivity index (χ0v) is 12.9. The molecule has 0 unspecified atom stereocenters. The number of halogens is 1. The number of nitrogens with zero attached hydrogens (tertiary/aromatic N) is 2. The smallest absolute Gasteiger partial charge is 0.253 e. The van der Waals surface area contributed by atoms with E-state index in [0.717, 1.165) is 21.2 Å². The maximum atomic E-state index is 12.2. The van der Waals surface area contributed by atoms with E-state index >= 15 is 0 Å². The van der Waals surface area contributed by atoms with Crippen LogP contribution in [0.1, 0.15) is 16.1 Å². The van der Waals surface area contributed by atoms with Crippen molar-refractivity contribution in [2.75, 3.05) is 13.6 Å². The molecule has 0 bridgehead atoms. The summed E-state index contributed by atoms with van der Waals surface area (Å²) in [4.78, 5) is 18.2. The van der Waals surface area contributed by atoms with Crippen LogP contribution in [0.25, 0.3) is 0 Å². The van der Waals surface area contributed by atoms with E-state index in [4.69, 9.17) is 0 Å².